The lowest BCUT2D eigenvalue weighted by atomic mass is 9.79. The molecule has 0 saturated carbocycles. The molecule has 0 aromatic rings. The van der Waals surface area contributed by atoms with Gasteiger partial charge in [-0.15, -0.1) is 0 Å². The van der Waals surface area contributed by atoms with Gasteiger partial charge in [-0.05, 0) is 18.1 Å². The van der Waals surface area contributed by atoms with Crippen molar-refractivity contribution >= 4 is 22.6 Å². The van der Waals surface area contributed by atoms with Crippen LogP contribution in [0.1, 0.15) is 6.92 Å². The Bertz CT molecular complexity index is 446. The van der Waals surface area contributed by atoms with Gasteiger partial charge in [0.05, 0.1) is 3.42 Å². The summed E-state index contributed by atoms with van der Waals surface area (Å²) in [4.78, 5) is 0. The van der Waals surface area contributed by atoms with Crippen molar-refractivity contribution in [3.05, 3.63) is 72.4 Å². The maximum absolute atomic E-state index is 3.89. The van der Waals surface area contributed by atoms with E-state index in [1.807, 2.05) is 13.0 Å². The van der Waals surface area contributed by atoms with E-state index in [0.717, 1.165) is 0 Å². The Balaban J connectivity index is 2.47. The second kappa shape index (κ2) is 4.58. The van der Waals surface area contributed by atoms with E-state index >= 15 is 0 Å². The summed E-state index contributed by atoms with van der Waals surface area (Å²) in [6, 6.07) is 0. The topological polar surface area (TPSA) is 0 Å². The van der Waals surface area contributed by atoms with Crippen LogP contribution in [-0.2, 0) is 0 Å². The fourth-order valence-electron chi connectivity index (χ4n) is 2.09. The standard InChI is InChI=1S/C15H15I/c1-3-7-13-11-15(16)9-6-5-8-14(15)10-12(13)4-2/h3-11,14H,2H2,1H3/b7-3-/t14-,15?/m0/s1. The van der Waals surface area contributed by atoms with Gasteiger partial charge in [0.1, 0.15) is 0 Å². The van der Waals surface area contributed by atoms with E-state index in [1.165, 1.54) is 11.1 Å². The fraction of sp³-hybridized carbons (Fsp3) is 0.200. The van der Waals surface area contributed by atoms with Crippen molar-refractivity contribution in [2.45, 2.75) is 10.3 Å². The first kappa shape index (κ1) is 11.6. The monoisotopic (exact) mass is 322 g/mol. The molecule has 2 rings (SSSR count). The number of alkyl halides is 1. The van der Waals surface area contributed by atoms with Gasteiger partial charge >= 0.3 is 0 Å². The summed E-state index contributed by atoms with van der Waals surface area (Å²) in [6.07, 6.45) is 19.5. The van der Waals surface area contributed by atoms with E-state index < -0.39 is 0 Å². The summed E-state index contributed by atoms with van der Waals surface area (Å²) in [5.74, 6) is 0.445. The number of hydrogen-bond donors (Lipinski definition) is 0. The van der Waals surface area contributed by atoms with Crippen molar-refractivity contribution in [1.29, 1.82) is 0 Å². The number of hydrogen-bond acceptors (Lipinski definition) is 0. The molecule has 0 aliphatic heterocycles. The fourth-order valence-corrected chi connectivity index (χ4v) is 3.02. The van der Waals surface area contributed by atoms with E-state index in [1.54, 1.807) is 0 Å². The van der Waals surface area contributed by atoms with Gasteiger partial charge < -0.3 is 0 Å². The summed E-state index contributed by atoms with van der Waals surface area (Å²) in [5.41, 5.74) is 2.50. The molecule has 2 atom stereocenters. The molecule has 0 saturated heterocycles. The first-order valence-electron chi connectivity index (χ1n) is 5.45. The quantitative estimate of drug-likeness (QED) is 0.517. The minimum atomic E-state index is 0.0911. The Kier molecular flexibility index (Phi) is 3.33. The number of fused-ring (bicyclic) bond motifs is 1. The van der Waals surface area contributed by atoms with Gasteiger partial charge in [-0.1, -0.05) is 83.9 Å². The third-order valence-electron chi connectivity index (χ3n) is 2.93. The lowest BCUT2D eigenvalue weighted by Gasteiger charge is -2.33. The van der Waals surface area contributed by atoms with Gasteiger partial charge in [0.25, 0.3) is 0 Å². The molecule has 2 aliphatic carbocycles. The first-order chi connectivity index (χ1) is 7.69. The smallest absolute Gasteiger partial charge is 0.0690 e. The summed E-state index contributed by atoms with van der Waals surface area (Å²) in [6.45, 7) is 5.94. The summed E-state index contributed by atoms with van der Waals surface area (Å²) < 4.78 is 0.0911. The van der Waals surface area contributed by atoms with Crippen LogP contribution >= 0.6 is 22.6 Å². The lowest BCUT2D eigenvalue weighted by Crippen LogP contribution is -2.28. The van der Waals surface area contributed by atoms with Crippen LogP contribution in [0.5, 0.6) is 0 Å². The van der Waals surface area contributed by atoms with Gasteiger partial charge in [-0.3, -0.25) is 0 Å². The first-order valence-corrected chi connectivity index (χ1v) is 6.52. The SMILES string of the molecule is C=CC1=C[C@@H]2C=CC=CC2(I)C=C1/C=C\C. The molecule has 0 N–H and O–H groups in total. The maximum Gasteiger partial charge on any atom is 0.0690 e. The number of rotatable bonds is 2. The highest BCUT2D eigenvalue weighted by molar-refractivity contribution is 14.1. The molecular weight excluding hydrogens is 307 g/mol. The Morgan fingerprint density at radius 2 is 2.19 bits per heavy atom. The van der Waals surface area contributed by atoms with Crippen LogP contribution < -0.4 is 0 Å². The molecule has 0 nitrogen and oxygen atoms in total. The zero-order chi connectivity index (χ0) is 11.6. The molecule has 0 amide bonds. The molecule has 16 heavy (non-hydrogen) atoms. The summed E-state index contributed by atoms with van der Waals surface area (Å²) in [5, 5.41) is 0. The van der Waals surface area contributed by atoms with Crippen molar-refractivity contribution in [2.24, 2.45) is 5.92 Å². The lowest BCUT2D eigenvalue weighted by molar-refractivity contribution is 0.729. The molecule has 0 spiro atoms. The van der Waals surface area contributed by atoms with Crippen molar-refractivity contribution in [1.82, 2.24) is 0 Å². The van der Waals surface area contributed by atoms with Crippen molar-refractivity contribution < 1.29 is 0 Å². The molecule has 0 aromatic heterocycles. The van der Waals surface area contributed by atoms with Gasteiger partial charge in [-0.25, -0.2) is 0 Å². The maximum atomic E-state index is 3.89. The Morgan fingerprint density at radius 3 is 2.88 bits per heavy atom. The van der Waals surface area contributed by atoms with Crippen LogP contribution in [0.3, 0.4) is 0 Å². The van der Waals surface area contributed by atoms with Crippen molar-refractivity contribution in [2.75, 3.05) is 0 Å². The molecule has 0 heterocycles. The molecule has 0 fully saturated rings. The van der Waals surface area contributed by atoms with Gasteiger partial charge in [0.2, 0.25) is 0 Å². The van der Waals surface area contributed by atoms with Crippen molar-refractivity contribution in [3.63, 3.8) is 0 Å². The van der Waals surface area contributed by atoms with E-state index in [0.29, 0.717) is 5.92 Å². The molecule has 82 valence electrons. The molecule has 2 aliphatic rings. The molecule has 0 aromatic carbocycles. The van der Waals surface area contributed by atoms with E-state index in [4.69, 9.17) is 0 Å². The van der Waals surface area contributed by atoms with Crippen LogP contribution in [0.2, 0.25) is 0 Å². The largest absolute Gasteiger partial charge is 0.0985 e. The van der Waals surface area contributed by atoms with Gasteiger partial charge in [0, 0.05) is 5.92 Å². The highest BCUT2D eigenvalue weighted by Gasteiger charge is 2.33. The predicted octanol–water partition coefficient (Wildman–Crippen LogP) is 4.53. The van der Waals surface area contributed by atoms with E-state index in [9.17, 15) is 0 Å². The van der Waals surface area contributed by atoms with E-state index in [-0.39, 0.29) is 3.42 Å². The van der Waals surface area contributed by atoms with Crippen LogP contribution in [0.15, 0.2) is 72.4 Å². The Hall–Kier alpha value is -0.830. The third-order valence-corrected chi connectivity index (χ3v) is 4.32. The predicted molar refractivity (Wildman–Crippen MR) is 79.7 cm³/mol. The van der Waals surface area contributed by atoms with Gasteiger partial charge in [0.15, 0.2) is 0 Å². The summed E-state index contributed by atoms with van der Waals surface area (Å²) >= 11 is 2.52. The molecule has 0 bridgehead atoms. The minimum Gasteiger partial charge on any atom is -0.0985 e. The zero-order valence-corrected chi connectivity index (χ0v) is 11.5. The molecular formula is C15H15I. The van der Waals surface area contributed by atoms with E-state index in [2.05, 4.69) is 77.8 Å². The average molecular weight is 322 g/mol. The average Bonchev–Trinajstić information content (AvgIpc) is 2.28. The van der Waals surface area contributed by atoms with Crippen LogP contribution in [-0.4, -0.2) is 3.42 Å². The number of halogens is 1. The van der Waals surface area contributed by atoms with Crippen LogP contribution in [0.4, 0.5) is 0 Å². The number of allylic oxidation sites excluding steroid dienone is 11. The highest BCUT2D eigenvalue weighted by Crippen LogP contribution is 2.42. The Morgan fingerprint density at radius 1 is 1.38 bits per heavy atom. The second-order valence-corrected chi connectivity index (χ2v) is 5.89. The Labute approximate surface area is 111 Å². The highest BCUT2D eigenvalue weighted by atomic mass is 127. The third kappa shape index (κ3) is 2.01. The summed E-state index contributed by atoms with van der Waals surface area (Å²) in [7, 11) is 0. The normalized spacial score (nSPS) is 32.2. The van der Waals surface area contributed by atoms with Crippen molar-refractivity contribution in [3.8, 4) is 0 Å². The van der Waals surface area contributed by atoms with Crippen LogP contribution in [0.25, 0.3) is 0 Å². The molecule has 1 heteroatoms. The minimum absolute atomic E-state index is 0.0911. The molecule has 0 radical (unpaired) electrons. The van der Waals surface area contributed by atoms with Gasteiger partial charge in [-0.2, -0.15) is 0 Å². The zero-order valence-electron chi connectivity index (χ0n) is 9.36. The van der Waals surface area contributed by atoms with Crippen LogP contribution in [0, 0.1) is 5.92 Å². The second-order valence-electron chi connectivity index (χ2n) is 4.02. The molecule has 1 unspecified atom stereocenters.